The monoisotopic (exact) mass is 481 g/mol. The lowest BCUT2D eigenvalue weighted by Crippen LogP contribution is -2.49. The number of hydrogen-bond donors (Lipinski definition) is 1. The fourth-order valence-electron chi connectivity index (χ4n) is 5.53. The van der Waals surface area contributed by atoms with Crippen LogP contribution in [-0.4, -0.2) is 76.4 Å². The summed E-state index contributed by atoms with van der Waals surface area (Å²) in [5.74, 6) is 0.0691. The number of carbonyl (C=O) groups excluding carboxylic acids is 1. The Morgan fingerprint density at radius 2 is 1.89 bits per heavy atom. The van der Waals surface area contributed by atoms with Gasteiger partial charge in [0.1, 0.15) is 0 Å². The average Bonchev–Trinajstić information content (AvgIpc) is 3.52. The minimum absolute atomic E-state index is 0. The van der Waals surface area contributed by atoms with Crippen LogP contribution in [0.25, 0.3) is 21.8 Å². The quantitative estimate of drug-likeness (QED) is 0.513. The van der Waals surface area contributed by atoms with Crippen LogP contribution in [0, 0.1) is 6.92 Å². The Morgan fingerprint density at radius 3 is 2.60 bits per heavy atom. The summed E-state index contributed by atoms with van der Waals surface area (Å²) in [5.41, 5.74) is 3.11. The molecule has 190 valence electrons. The first-order chi connectivity index (χ1) is 16.6. The predicted octanol–water partition coefficient (Wildman–Crippen LogP) is 4.12. The van der Waals surface area contributed by atoms with Crippen LogP contribution in [0.5, 0.6) is 0 Å². The molecule has 3 heterocycles. The summed E-state index contributed by atoms with van der Waals surface area (Å²) in [5, 5.41) is 6.11. The Morgan fingerprint density at radius 1 is 1.14 bits per heavy atom. The van der Waals surface area contributed by atoms with E-state index in [1.807, 2.05) is 35.6 Å². The molecule has 0 atom stereocenters. The van der Waals surface area contributed by atoms with Crippen LogP contribution in [0.3, 0.4) is 0 Å². The van der Waals surface area contributed by atoms with Gasteiger partial charge in [0.05, 0.1) is 28.7 Å². The molecule has 1 aromatic carbocycles. The van der Waals surface area contributed by atoms with Gasteiger partial charge in [-0.3, -0.25) is 19.2 Å². The Labute approximate surface area is 207 Å². The van der Waals surface area contributed by atoms with Crippen LogP contribution >= 0.6 is 0 Å². The molecule has 3 aromatic rings. The fraction of sp³-hybridized carbons (Fsp3) is 0.593. The standard InChI is InChI=1S/C26H35N5O3.CH4/c1-3-34-14-6-9-29-10-12-30(13-11-29)26(33)20-16-21-23(15-18(20)2)28-25(32)22-17-27-31(24(21)22)19-7-4-5-8-19;/h15-17,19H,3-14H2,1-2H3,(H,28,32);1H4. The van der Waals surface area contributed by atoms with Crippen molar-refractivity contribution in [1.29, 1.82) is 0 Å². The van der Waals surface area contributed by atoms with Crippen molar-refractivity contribution in [2.75, 3.05) is 45.9 Å². The second-order valence-corrected chi connectivity index (χ2v) is 9.64. The highest BCUT2D eigenvalue weighted by Crippen LogP contribution is 2.34. The number of nitrogens with zero attached hydrogens (tertiary/aromatic N) is 4. The number of pyridine rings is 1. The number of piperazine rings is 1. The molecule has 0 bridgehead atoms. The van der Waals surface area contributed by atoms with Crippen LogP contribution in [0.2, 0.25) is 0 Å². The first-order valence-electron chi connectivity index (χ1n) is 12.7. The highest BCUT2D eigenvalue weighted by molar-refractivity contribution is 6.07. The Hall–Kier alpha value is -2.71. The molecule has 2 aliphatic rings. The Bertz CT molecular complexity index is 1230. The van der Waals surface area contributed by atoms with Crippen LogP contribution in [0.15, 0.2) is 23.1 Å². The molecule has 8 nitrogen and oxygen atoms in total. The van der Waals surface area contributed by atoms with Crippen molar-refractivity contribution >= 4 is 27.7 Å². The zero-order valence-electron chi connectivity index (χ0n) is 20.3. The molecule has 35 heavy (non-hydrogen) atoms. The van der Waals surface area contributed by atoms with Crippen molar-refractivity contribution in [3.8, 4) is 0 Å². The first-order valence-corrected chi connectivity index (χ1v) is 12.7. The topological polar surface area (TPSA) is 83.5 Å². The number of amides is 1. The average molecular weight is 482 g/mol. The van der Waals surface area contributed by atoms with E-state index in [-0.39, 0.29) is 18.9 Å². The van der Waals surface area contributed by atoms with Crippen molar-refractivity contribution in [3.63, 3.8) is 0 Å². The number of benzene rings is 1. The SMILES string of the molecule is C.CCOCCCN1CCN(C(=O)c2cc3c(cc2C)[nH]c(=O)c2cnn(C4CCCC4)c23)CC1. The third kappa shape index (κ3) is 5.00. The maximum absolute atomic E-state index is 13.5. The van der Waals surface area contributed by atoms with Crippen LogP contribution in [0.4, 0.5) is 0 Å². The van der Waals surface area contributed by atoms with Crippen molar-refractivity contribution < 1.29 is 9.53 Å². The van der Waals surface area contributed by atoms with Crippen LogP contribution in [0.1, 0.15) is 68.4 Å². The molecule has 8 heteroatoms. The van der Waals surface area contributed by atoms with Gasteiger partial charge < -0.3 is 14.6 Å². The molecule has 1 amide bonds. The molecule has 1 aliphatic heterocycles. The number of carbonyl (C=O) groups is 1. The molecule has 0 radical (unpaired) electrons. The number of nitrogens with one attached hydrogen (secondary N) is 1. The summed E-state index contributed by atoms with van der Waals surface area (Å²) in [6.45, 7) is 9.76. The summed E-state index contributed by atoms with van der Waals surface area (Å²) >= 11 is 0. The number of aryl methyl sites for hydroxylation is 1. The van der Waals surface area contributed by atoms with Crippen molar-refractivity contribution in [2.24, 2.45) is 0 Å². The highest BCUT2D eigenvalue weighted by atomic mass is 16.5. The van der Waals surface area contributed by atoms with Gasteiger partial charge in [-0.2, -0.15) is 5.10 Å². The molecular formula is C27H39N5O3. The van der Waals surface area contributed by atoms with Crippen molar-refractivity contribution in [3.05, 3.63) is 39.8 Å². The van der Waals surface area contributed by atoms with Crippen molar-refractivity contribution in [2.45, 2.75) is 59.4 Å². The lowest BCUT2D eigenvalue weighted by molar-refractivity contribution is 0.0615. The summed E-state index contributed by atoms with van der Waals surface area (Å²) in [6.07, 6.45) is 7.24. The minimum Gasteiger partial charge on any atom is -0.382 e. The van der Waals surface area contributed by atoms with E-state index in [0.717, 1.165) is 87.2 Å². The number of hydrogen-bond acceptors (Lipinski definition) is 5. The van der Waals surface area contributed by atoms with E-state index in [4.69, 9.17) is 4.74 Å². The molecule has 5 rings (SSSR count). The number of aromatic amines is 1. The van der Waals surface area contributed by atoms with Gasteiger partial charge in [0.25, 0.3) is 11.5 Å². The summed E-state index contributed by atoms with van der Waals surface area (Å²) in [6, 6.07) is 4.24. The summed E-state index contributed by atoms with van der Waals surface area (Å²) < 4.78 is 7.48. The largest absolute Gasteiger partial charge is 0.382 e. The van der Waals surface area contributed by atoms with Gasteiger partial charge in [0.2, 0.25) is 0 Å². The molecule has 2 aromatic heterocycles. The van der Waals surface area contributed by atoms with Gasteiger partial charge in [0, 0.05) is 56.9 Å². The number of rotatable bonds is 7. The lowest BCUT2D eigenvalue weighted by atomic mass is 10.0. The molecule has 0 spiro atoms. The van der Waals surface area contributed by atoms with E-state index in [1.165, 1.54) is 12.8 Å². The zero-order valence-corrected chi connectivity index (χ0v) is 20.3. The van der Waals surface area contributed by atoms with Gasteiger partial charge in [-0.15, -0.1) is 0 Å². The fourth-order valence-corrected chi connectivity index (χ4v) is 5.53. The maximum atomic E-state index is 13.5. The molecule has 1 saturated carbocycles. The second kappa shape index (κ2) is 10.9. The van der Waals surface area contributed by atoms with Gasteiger partial charge in [0.15, 0.2) is 0 Å². The van der Waals surface area contributed by atoms with E-state index in [1.54, 1.807) is 6.20 Å². The Kier molecular flexibility index (Phi) is 7.91. The van der Waals surface area contributed by atoms with E-state index in [0.29, 0.717) is 17.0 Å². The van der Waals surface area contributed by atoms with E-state index in [9.17, 15) is 9.59 Å². The second-order valence-electron chi connectivity index (χ2n) is 9.64. The number of ether oxygens (including phenoxy) is 1. The number of fused-ring (bicyclic) bond motifs is 3. The Balaban J connectivity index is 0.00000289. The van der Waals surface area contributed by atoms with Crippen LogP contribution in [-0.2, 0) is 4.74 Å². The van der Waals surface area contributed by atoms with Gasteiger partial charge in [-0.25, -0.2) is 0 Å². The van der Waals surface area contributed by atoms with Crippen LogP contribution < -0.4 is 5.56 Å². The molecular weight excluding hydrogens is 442 g/mol. The summed E-state index contributed by atoms with van der Waals surface area (Å²) in [4.78, 5) is 33.7. The smallest absolute Gasteiger partial charge is 0.259 e. The van der Waals surface area contributed by atoms with Gasteiger partial charge >= 0.3 is 0 Å². The van der Waals surface area contributed by atoms with Gasteiger partial charge in [-0.05, 0) is 50.8 Å². The van der Waals surface area contributed by atoms with E-state index >= 15 is 0 Å². The number of aromatic nitrogens is 3. The minimum atomic E-state index is -0.120. The van der Waals surface area contributed by atoms with Crippen molar-refractivity contribution in [1.82, 2.24) is 24.6 Å². The molecule has 2 fully saturated rings. The number of H-pyrrole nitrogens is 1. The third-order valence-electron chi connectivity index (χ3n) is 7.44. The maximum Gasteiger partial charge on any atom is 0.259 e. The van der Waals surface area contributed by atoms with Gasteiger partial charge in [-0.1, -0.05) is 20.3 Å². The molecule has 1 saturated heterocycles. The molecule has 1 N–H and O–H groups in total. The third-order valence-corrected chi connectivity index (χ3v) is 7.44. The lowest BCUT2D eigenvalue weighted by Gasteiger charge is -2.35. The van der Waals surface area contributed by atoms with E-state index < -0.39 is 0 Å². The highest BCUT2D eigenvalue weighted by Gasteiger charge is 2.25. The molecule has 0 unspecified atom stereocenters. The normalized spacial score (nSPS) is 17.4. The first kappa shape index (κ1) is 25.4. The van der Waals surface area contributed by atoms with E-state index in [2.05, 4.69) is 15.0 Å². The zero-order chi connectivity index (χ0) is 23.7. The predicted molar refractivity (Wildman–Crippen MR) is 140 cm³/mol. The molecule has 1 aliphatic carbocycles. The summed E-state index contributed by atoms with van der Waals surface area (Å²) in [7, 11) is 0.